The number of hydrogen-bond acceptors (Lipinski definition) is 8. The van der Waals surface area contributed by atoms with E-state index in [9.17, 15) is 14.4 Å². The van der Waals surface area contributed by atoms with Gasteiger partial charge < -0.3 is 24.2 Å². The quantitative estimate of drug-likeness (QED) is 0.305. The van der Waals surface area contributed by atoms with Crippen molar-refractivity contribution in [1.29, 1.82) is 5.26 Å². The van der Waals surface area contributed by atoms with Crippen molar-refractivity contribution in [3.05, 3.63) is 70.6 Å². The van der Waals surface area contributed by atoms with E-state index in [1.165, 1.54) is 4.90 Å². The number of fused-ring (bicyclic) bond motifs is 2. The van der Waals surface area contributed by atoms with Crippen LogP contribution in [0.25, 0.3) is 10.8 Å². The van der Waals surface area contributed by atoms with Crippen molar-refractivity contribution >= 4 is 34.1 Å². The number of ether oxygens (including phenoxy) is 2. The number of hydrogen-bond donors (Lipinski definition) is 0. The second-order valence-electron chi connectivity index (χ2n) is 12.6. The van der Waals surface area contributed by atoms with Crippen LogP contribution in [-0.4, -0.2) is 77.6 Å². The maximum atomic E-state index is 13.9. The molecule has 1 amide bonds. The van der Waals surface area contributed by atoms with Gasteiger partial charge >= 0.3 is 6.01 Å². The predicted molar refractivity (Wildman–Crippen MR) is 171 cm³/mol. The Morgan fingerprint density at radius 2 is 1.98 bits per heavy atom. The lowest BCUT2D eigenvalue weighted by Crippen LogP contribution is -2.56. The first-order valence-corrected chi connectivity index (χ1v) is 15.8. The van der Waals surface area contributed by atoms with E-state index in [0.717, 1.165) is 47.0 Å². The third-order valence-corrected chi connectivity index (χ3v) is 9.59. The zero-order valence-electron chi connectivity index (χ0n) is 25.9. The predicted octanol–water partition coefficient (Wildman–Crippen LogP) is 5.72. The number of likely N-dealkylation sites (tertiary alicyclic amines) is 1. The van der Waals surface area contributed by atoms with Gasteiger partial charge in [0.05, 0.1) is 35.9 Å². The number of nitrogens with zero attached hydrogens (tertiary/aromatic N) is 6. The highest BCUT2D eigenvalue weighted by Crippen LogP contribution is 2.47. The number of carbonyl (C=O) groups excluding carboxylic acids is 1. The fourth-order valence-corrected chi connectivity index (χ4v) is 7.33. The number of aromatic nitrogens is 2. The Kier molecular flexibility index (Phi) is 8.70. The number of likely N-dealkylation sites (N-methyl/N-ethyl adjacent to an activating group) is 1. The zero-order chi connectivity index (χ0) is 31.9. The fourth-order valence-electron chi connectivity index (χ4n) is 7.04. The molecule has 1 aromatic heterocycles. The summed E-state index contributed by atoms with van der Waals surface area (Å²) in [5.74, 6) is -1.18. The molecule has 3 aromatic rings. The first-order valence-electron chi connectivity index (χ1n) is 15.4. The largest absolute Gasteiger partial charge is 0.462 e. The van der Waals surface area contributed by atoms with Crippen LogP contribution in [0.1, 0.15) is 56.0 Å². The summed E-state index contributed by atoms with van der Waals surface area (Å²) in [5, 5.41) is 12.2. The van der Waals surface area contributed by atoms with Crippen LogP contribution in [0.2, 0.25) is 5.02 Å². The molecule has 236 valence electrons. The smallest absolute Gasteiger partial charge is 0.318 e. The number of halogens is 2. The maximum absolute atomic E-state index is 13.9. The van der Waals surface area contributed by atoms with E-state index in [4.69, 9.17) is 31.0 Å². The number of piperazine rings is 1. The standard InChI is InChI=1S/C34H38ClFN6O3/c1-21(36)32(43)42-17-16-41(19-23(42)13-14-37)31-30-27(38-33(39-31)44-20-24-10-7-15-40(24)4)18-28(45-34(30,2)3)25-11-5-8-22-9-6-12-26(35)29(22)25/h5-6,8-9,11-12,23-24,28H,1,7,10,13,15-20H2,2-4H3/t23-,24-,28?/m0/s1. The minimum Gasteiger partial charge on any atom is -0.462 e. The molecule has 4 heterocycles. The molecular formula is C34H38ClFN6O3. The Labute approximate surface area is 268 Å². The highest BCUT2D eigenvalue weighted by Gasteiger charge is 2.42. The second-order valence-corrected chi connectivity index (χ2v) is 13.0. The number of carbonyl (C=O) groups is 1. The summed E-state index contributed by atoms with van der Waals surface area (Å²) in [6.07, 6.45) is 2.36. The molecule has 0 bridgehead atoms. The number of anilines is 1. The van der Waals surface area contributed by atoms with Crippen molar-refractivity contribution in [1.82, 2.24) is 19.8 Å². The molecule has 1 unspecified atom stereocenters. The summed E-state index contributed by atoms with van der Waals surface area (Å²) in [7, 11) is 2.10. The van der Waals surface area contributed by atoms with Gasteiger partial charge in [-0.3, -0.25) is 4.79 Å². The van der Waals surface area contributed by atoms with Gasteiger partial charge in [-0.1, -0.05) is 48.5 Å². The molecule has 0 aliphatic carbocycles. The highest BCUT2D eigenvalue weighted by molar-refractivity contribution is 6.35. The molecule has 0 spiro atoms. The average molecular weight is 633 g/mol. The van der Waals surface area contributed by atoms with Crippen molar-refractivity contribution in [3.63, 3.8) is 0 Å². The maximum Gasteiger partial charge on any atom is 0.318 e. The van der Waals surface area contributed by atoms with Gasteiger partial charge in [0.2, 0.25) is 0 Å². The molecule has 2 saturated heterocycles. The lowest BCUT2D eigenvalue weighted by atomic mass is 9.86. The number of benzene rings is 2. The van der Waals surface area contributed by atoms with Crippen LogP contribution < -0.4 is 9.64 Å². The lowest BCUT2D eigenvalue weighted by Gasteiger charge is -2.44. The fraction of sp³-hybridized carbons (Fsp3) is 0.471. The van der Waals surface area contributed by atoms with Crippen LogP contribution in [0.15, 0.2) is 48.8 Å². The van der Waals surface area contributed by atoms with E-state index >= 15 is 0 Å². The van der Waals surface area contributed by atoms with Gasteiger partial charge in [-0.25, -0.2) is 4.39 Å². The van der Waals surface area contributed by atoms with Gasteiger partial charge in [0.25, 0.3) is 5.91 Å². The summed E-state index contributed by atoms with van der Waals surface area (Å²) in [4.78, 5) is 28.2. The van der Waals surface area contributed by atoms with E-state index in [1.807, 2.05) is 49.1 Å². The molecule has 0 N–H and O–H groups in total. The minimum absolute atomic E-state index is 0.0456. The Balaban J connectivity index is 1.40. The Bertz CT molecular complexity index is 1670. The summed E-state index contributed by atoms with van der Waals surface area (Å²) < 4.78 is 27.0. The minimum atomic E-state index is -1.03. The van der Waals surface area contributed by atoms with Crippen molar-refractivity contribution < 1.29 is 18.7 Å². The van der Waals surface area contributed by atoms with E-state index in [-0.39, 0.29) is 31.1 Å². The summed E-state index contributed by atoms with van der Waals surface area (Å²) in [6, 6.07) is 14.2. The van der Waals surface area contributed by atoms with Crippen molar-refractivity contribution in [2.45, 2.75) is 63.3 Å². The number of nitriles is 1. The summed E-state index contributed by atoms with van der Waals surface area (Å²) in [5.41, 5.74) is 1.82. The molecule has 0 saturated carbocycles. The van der Waals surface area contributed by atoms with E-state index in [2.05, 4.69) is 30.7 Å². The third-order valence-electron chi connectivity index (χ3n) is 9.27. The molecular weight excluding hydrogens is 595 g/mol. The SMILES string of the molecule is C=C(F)C(=O)N1CCN(c2nc(OC[C@@H]3CCCN3C)nc3c2C(C)(C)OC(c2cccc4cccc(Cl)c24)C3)C[C@@H]1CC#N. The molecule has 45 heavy (non-hydrogen) atoms. The van der Waals surface area contributed by atoms with Gasteiger partial charge in [0, 0.05) is 48.1 Å². The van der Waals surface area contributed by atoms with Crippen LogP contribution in [-0.2, 0) is 21.6 Å². The van der Waals surface area contributed by atoms with Gasteiger partial charge in [0.15, 0.2) is 5.83 Å². The molecule has 3 aliphatic heterocycles. The van der Waals surface area contributed by atoms with Crippen molar-refractivity contribution in [3.8, 4) is 12.1 Å². The van der Waals surface area contributed by atoms with E-state index in [1.54, 1.807) is 0 Å². The number of rotatable bonds is 7. The normalized spacial score (nSPS) is 23.1. The van der Waals surface area contributed by atoms with Crippen molar-refractivity contribution in [2.24, 2.45) is 0 Å². The third kappa shape index (κ3) is 6.09. The van der Waals surface area contributed by atoms with Gasteiger partial charge in [-0.05, 0) is 57.3 Å². The molecule has 2 aromatic carbocycles. The van der Waals surface area contributed by atoms with Crippen molar-refractivity contribution in [2.75, 3.05) is 44.7 Å². The average Bonchev–Trinajstić information content (AvgIpc) is 3.43. The molecule has 6 rings (SSSR count). The molecule has 2 fully saturated rings. The van der Waals surface area contributed by atoms with Crippen LogP contribution in [0, 0.1) is 11.3 Å². The first kappa shape index (κ1) is 31.2. The summed E-state index contributed by atoms with van der Waals surface area (Å²) >= 11 is 6.72. The highest BCUT2D eigenvalue weighted by atomic mass is 35.5. The Hall–Kier alpha value is -3.78. The Morgan fingerprint density at radius 1 is 1.20 bits per heavy atom. The van der Waals surface area contributed by atoms with Crippen LogP contribution in [0.4, 0.5) is 10.2 Å². The van der Waals surface area contributed by atoms with Crippen LogP contribution in [0.5, 0.6) is 6.01 Å². The monoisotopic (exact) mass is 632 g/mol. The summed E-state index contributed by atoms with van der Waals surface area (Å²) in [6.45, 7) is 9.58. The molecule has 3 atom stereocenters. The molecule has 0 radical (unpaired) electrons. The van der Waals surface area contributed by atoms with Gasteiger partial charge in [-0.2, -0.15) is 15.2 Å². The van der Waals surface area contributed by atoms with Crippen LogP contribution >= 0.6 is 11.6 Å². The van der Waals surface area contributed by atoms with E-state index in [0.29, 0.717) is 37.0 Å². The second kappa shape index (κ2) is 12.5. The molecule has 3 aliphatic rings. The molecule has 9 nitrogen and oxygen atoms in total. The zero-order valence-corrected chi connectivity index (χ0v) is 26.7. The lowest BCUT2D eigenvalue weighted by molar-refractivity contribution is -0.131. The van der Waals surface area contributed by atoms with Gasteiger partial charge in [0.1, 0.15) is 12.4 Å². The first-order chi connectivity index (χ1) is 21.6. The van der Waals surface area contributed by atoms with Gasteiger partial charge in [-0.15, -0.1) is 0 Å². The number of amides is 1. The van der Waals surface area contributed by atoms with Crippen LogP contribution in [0.3, 0.4) is 0 Å². The van der Waals surface area contributed by atoms with E-state index < -0.39 is 23.4 Å². The molecule has 11 heteroatoms. The Morgan fingerprint density at radius 3 is 2.69 bits per heavy atom. The topological polar surface area (TPSA) is 94.8 Å².